The minimum Gasteiger partial charge on any atom is -0.493 e. The molecular formula is C37H45FN6O2. The Morgan fingerprint density at radius 3 is 2.54 bits per heavy atom. The number of nitrogens with one attached hydrogen (secondary N) is 1. The lowest BCUT2D eigenvalue weighted by Crippen LogP contribution is -2.44. The van der Waals surface area contributed by atoms with Gasteiger partial charge in [-0.25, -0.2) is 9.37 Å². The van der Waals surface area contributed by atoms with E-state index in [9.17, 15) is 9.18 Å². The summed E-state index contributed by atoms with van der Waals surface area (Å²) in [5, 5.41) is 4.67. The summed E-state index contributed by atoms with van der Waals surface area (Å²) >= 11 is 0. The zero-order valence-corrected chi connectivity index (χ0v) is 27.5. The second kappa shape index (κ2) is 14.1. The van der Waals surface area contributed by atoms with Crippen molar-refractivity contribution in [1.29, 1.82) is 0 Å². The number of aromatic nitrogens is 3. The number of halogens is 1. The van der Waals surface area contributed by atoms with Gasteiger partial charge < -0.3 is 24.4 Å². The van der Waals surface area contributed by atoms with Crippen molar-refractivity contribution in [2.24, 2.45) is 5.92 Å². The van der Waals surface area contributed by atoms with E-state index >= 15 is 0 Å². The minimum atomic E-state index is -0.366. The van der Waals surface area contributed by atoms with Crippen LogP contribution in [0.1, 0.15) is 53.6 Å². The van der Waals surface area contributed by atoms with Gasteiger partial charge in [0.1, 0.15) is 12.1 Å². The van der Waals surface area contributed by atoms with Gasteiger partial charge in [-0.1, -0.05) is 19.1 Å². The number of hydrogen-bond donors (Lipinski definition) is 1. The van der Waals surface area contributed by atoms with Crippen molar-refractivity contribution in [2.45, 2.75) is 46.1 Å². The number of aldehydes is 1. The Morgan fingerprint density at radius 2 is 1.89 bits per heavy atom. The molecule has 0 atom stereocenters. The molecule has 0 radical (unpaired) electrons. The largest absolute Gasteiger partial charge is 0.493 e. The van der Waals surface area contributed by atoms with Gasteiger partial charge >= 0.3 is 0 Å². The Balaban J connectivity index is 0.000000196. The molecule has 2 aliphatic heterocycles. The third-order valence-electron chi connectivity index (χ3n) is 9.26. The number of benzene rings is 1. The molecule has 1 saturated carbocycles. The number of pyridine rings is 2. The van der Waals surface area contributed by atoms with Crippen molar-refractivity contribution in [1.82, 2.24) is 24.8 Å². The first-order chi connectivity index (χ1) is 22.4. The third-order valence-corrected chi connectivity index (χ3v) is 9.26. The zero-order chi connectivity index (χ0) is 32.2. The van der Waals surface area contributed by atoms with E-state index in [1.54, 1.807) is 0 Å². The molecule has 0 unspecified atom stereocenters. The quantitative estimate of drug-likeness (QED) is 0.236. The highest BCUT2D eigenvalue weighted by Gasteiger charge is 2.26. The number of nitrogens with zero attached hydrogens (tertiary/aromatic N) is 5. The molecule has 0 amide bonds. The van der Waals surface area contributed by atoms with Crippen molar-refractivity contribution in [3.63, 3.8) is 0 Å². The summed E-state index contributed by atoms with van der Waals surface area (Å²) in [7, 11) is 3.63. The Morgan fingerprint density at radius 1 is 1.09 bits per heavy atom. The normalized spacial score (nSPS) is 17.0. The molecule has 3 aromatic heterocycles. The first kappa shape index (κ1) is 31.9. The number of carbonyl (C=O) groups excluding carboxylic acids is 1. The van der Waals surface area contributed by atoms with Crippen molar-refractivity contribution >= 4 is 28.6 Å². The monoisotopic (exact) mass is 624 g/mol. The van der Waals surface area contributed by atoms with E-state index < -0.39 is 0 Å². The average Bonchev–Trinajstić information content (AvgIpc) is 3.84. The summed E-state index contributed by atoms with van der Waals surface area (Å²) < 4.78 is 20.7. The minimum absolute atomic E-state index is 0.366. The number of fused-ring (bicyclic) bond motifs is 1. The maximum atomic E-state index is 13.0. The summed E-state index contributed by atoms with van der Waals surface area (Å²) in [6.07, 6.45) is 9.18. The van der Waals surface area contributed by atoms with Crippen LogP contribution in [-0.4, -0.2) is 79.1 Å². The molecule has 7 rings (SSSR count). The first-order valence-corrected chi connectivity index (χ1v) is 16.5. The van der Waals surface area contributed by atoms with Gasteiger partial charge in [0.2, 0.25) is 0 Å². The zero-order valence-electron chi connectivity index (χ0n) is 27.5. The summed E-state index contributed by atoms with van der Waals surface area (Å²) in [5.41, 5.74) is 9.00. The molecule has 2 fully saturated rings. The Hall–Kier alpha value is -4.08. The van der Waals surface area contributed by atoms with Crippen LogP contribution >= 0.6 is 0 Å². The third kappa shape index (κ3) is 7.00. The molecule has 0 spiro atoms. The predicted molar refractivity (Wildman–Crippen MR) is 183 cm³/mol. The smallest absolute Gasteiger partial charge is 0.171 e. The fraction of sp³-hybridized carbons (Fsp3) is 0.432. The van der Waals surface area contributed by atoms with Crippen LogP contribution in [0.5, 0.6) is 5.75 Å². The highest BCUT2D eigenvalue weighted by Crippen LogP contribution is 2.39. The number of anilines is 1. The van der Waals surface area contributed by atoms with E-state index in [-0.39, 0.29) is 5.82 Å². The number of carbonyl (C=O) groups is 1. The van der Waals surface area contributed by atoms with Gasteiger partial charge in [0, 0.05) is 84.5 Å². The first-order valence-electron chi connectivity index (χ1n) is 16.5. The van der Waals surface area contributed by atoms with Crippen LogP contribution in [0.3, 0.4) is 0 Å². The number of ether oxygens (including phenoxy) is 1. The van der Waals surface area contributed by atoms with Crippen LogP contribution in [0.25, 0.3) is 27.6 Å². The molecule has 46 heavy (non-hydrogen) atoms. The number of methoxy groups -OCH3 is 1. The Bertz CT molecular complexity index is 1740. The number of piperazine rings is 1. The molecule has 1 saturated heterocycles. The molecule has 1 aliphatic carbocycles. The van der Waals surface area contributed by atoms with Gasteiger partial charge in [0.05, 0.1) is 18.8 Å². The second-order valence-electron chi connectivity index (χ2n) is 12.7. The molecule has 8 nitrogen and oxygen atoms in total. The topological polar surface area (TPSA) is 75.5 Å². The van der Waals surface area contributed by atoms with E-state index in [0.29, 0.717) is 5.75 Å². The van der Waals surface area contributed by atoms with Gasteiger partial charge in [-0.2, -0.15) is 0 Å². The number of hydrogen-bond acceptors (Lipinski definition) is 7. The van der Waals surface area contributed by atoms with Crippen LogP contribution in [0, 0.1) is 18.7 Å². The van der Waals surface area contributed by atoms with Crippen LogP contribution in [0.2, 0.25) is 0 Å². The highest BCUT2D eigenvalue weighted by molar-refractivity contribution is 6.01. The van der Waals surface area contributed by atoms with Gasteiger partial charge in [0.25, 0.3) is 0 Å². The van der Waals surface area contributed by atoms with Crippen molar-refractivity contribution in [2.75, 3.05) is 58.3 Å². The van der Waals surface area contributed by atoms with Crippen molar-refractivity contribution in [3.8, 4) is 16.9 Å². The molecule has 242 valence electrons. The maximum Gasteiger partial charge on any atom is 0.171 e. The van der Waals surface area contributed by atoms with Gasteiger partial charge in [-0.3, -0.25) is 9.78 Å². The van der Waals surface area contributed by atoms with Gasteiger partial charge in [-0.15, -0.1) is 0 Å². The standard InChI is InChI=1S/C26H29N3O.C11H16FN3O/c1-3-22-8-9-23(17(2)28-22)24-12-19(16-30)11-21-13-25(20-5-4-10-27-14-20)29(26(21)24)15-18-6-7-18;1-14-3-5-15(6-4-14)11-10(16-2)7-9(12)8-13-11/h5,8-9,11-13,16,18,27H,3-4,6-7,10,14-15H2,1-2H3;7-8H,3-6H2,1-2H3. The van der Waals surface area contributed by atoms with E-state index in [1.165, 1.54) is 49.0 Å². The average molecular weight is 625 g/mol. The van der Waals surface area contributed by atoms with Gasteiger partial charge in [-0.05, 0) is 82.0 Å². The van der Waals surface area contributed by atoms with Gasteiger partial charge in [0.15, 0.2) is 11.6 Å². The predicted octanol–water partition coefficient (Wildman–Crippen LogP) is 6.15. The lowest BCUT2D eigenvalue weighted by atomic mass is 9.98. The van der Waals surface area contributed by atoms with E-state index in [1.807, 2.05) is 12.1 Å². The molecule has 3 aliphatic rings. The van der Waals surface area contributed by atoms with Crippen LogP contribution < -0.4 is 15.0 Å². The van der Waals surface area contributed by atoms with E-state index in [4.69, 9.17) is 9.72 Å². The summed E-state index contributed by atoms with van der Waals surface area (Å²) in [6.45, 7) is 11.0. The lowest BCUT2D eigenvalue weighted by molar-refractivity contribution is 0.112. The molecule has 4 aromatic rings. The maximum absolute atomic E-state index is 13.0. The molecule has 9 heteroatoms. The summed E-state index contributed by atoms with van der Waals surface area (Å²) in [6, 6.07) is 12.0. The van der Waals surface area contributed by atoms with Crippen LogP contribution in [0.4, 0.5) is 10.2 Å². The Labute approximate surface area is 271 Å². The van der Waals surface area contributed by atoms with Crippen molar-refractivity contribution < 1.29 is 13.9 Å². The Kier molecular flexibility index (Phi) is 9.80. The molecular weight excluding hydrogens is 579 g/mol. The fourth-order valence-electron chi connectivity index (χ4n) is 6.48. The SMILES string of the molecule is CCc1ccc(-c2cc(C=O)cc3cc(C4=CCCNC4)n(CC4CC4)c23)c(C)n1.COc1cc(F)cnc1N1CCN(C)CC1. The molecule has 0 bridgehead atoms. The second-order valence-corrected chi connectivity index (χ2v) is 12.7. The molecule has 1 aromatic carbocycles. The van der Waals surface area contributed by atoms with E-state index in [2.05, 4.69) is 69.8 Å². The van der Waals surface area contributed by atoms with E-state index in [0.717, 1.165) is 110 Å². The summed E-state index contributed by atoms with van der Waals surface area (Å²) in [5.74, 6) is 1.63. The van der Waals surface area contributed by atoms with Crippen LogP contribution in [-0.2, 0) is 13.0 Å². The lowest BCUT2D eigenvalue weighted by Gasteiger charge is -2.33. The highest BCUT2D eigenvalue weighted by atomic mass is 19.1. The molecule has 1 N–H and O–H groups in total. The number of aryl methyl sites for hydroxylation is 2. The number of likely N-dealkylation sites (N-methyl/N-ethyl adjacent to an activating group) is 1. The van der Waals surface area contributed by atoms with Crippen LogP contribution in [0.15, 0.2) is 48.7 Å². The summed E-state index contributed by atoms with van der Waals surface area (Å²) in [4.78, 5) is 25.1. The number of rotatable bonds is 8. The molecule has 5 heterocycles. The fourth-order valence-corrected chi connectivity index (χ4v) is 6.48. The van der Waals surface area contributed by atoms with Crippen molar-refractivity contribution in [3.05, 3.63) is 77.1 Å².